The molecule has 27 heavy (non-hydrogen) atoms. The number of phenolic OH excluding ortho intramolecular Hbond substituents is 1. The Morgan fingerprint density at radius 2 is 1.89 bits per heavy atom. The lowest BCUT2D eigenvalue weighted by Gasteiger charge is -2.20. The normalized spacial score (nSPS) is 16.7. The third-order valence-corrected chi connectivity index (χ3v) is 6.17. The van der Waals surface area contributed by atoms with Gasteiger partial charge < -0.3 is 5.11 Å². The second-order valence-electron chi connectivity index (χ2n) is 5.65. The number of rotatable bonds is 4. The molecule has 8 nitrogen and oxygen atoms in total. The molecule has 136 valence electrons. The van der Waals surface area contributed by atoms with Gasteiger partial charge in [-0.15, -0.1) is 22.0 Å². The van der Waals surface area contributed by atoms with E-state index in [0.717, 1.165) is 11.3 Å². The van der Waals surface area contributed by atoms with Crippen LogP contribution in [0, 0.1) is 10.1 Å². The van der Waals surface area contributed by atoms with Crippen LogP contribution in [0.5, 0.6) is 5.75 Å². The number of hydrogen-bond acceptors (Lipinski definition) is 8. The van der Waals surface area contributed by atoms with Crippen molar-refractivity contribution in [2.45, 2.75) is 5.37 Å². The average Bonchev–Trinajstić information content (AvgIpc) is 3.28. The highest BCUT2D eigenvalue weighted by Gasteiger charge is 2.39. The van der Waals surface area contributed by atoms with Gasteiger partial charge in [-0.3, -0.25) is 19.8 Å². The zero-order chi connectivity index (χ0) is 19.0. The fourth-order valence-corrected chi connectivity index (χ4v) is 4.98. The quantitative estimate of drug-likeness (QED) is 0.526. The molecule has 1 N–H and O–H groups in total. The van der Waals surface area contributed by atoms with Crippen LogP contribution >= 0.6 is 23.1 Å². The molecule has 4 rings (SSSR count). The standard InChI is InChI=1S/C17H12N4O4S2/c22-13-8-4-2-6-11(13)15-18-19-17(27-15)20-14(23)9-26-16(20)10-5-1-3-7-12(10)21(24)25/h1-8,16,22H,9H2. The summed E-state index contributed by atoms with van der Waals surface area (Å²) in [5.74, 6) is 0.0723. The smallest absolute Gasteiger partial charge is 0.275 e. The highest BCUT2D eigenvalue weighted by atomic mass is 32.2. The van der Waals surface area contributed by atoms with E-state index in [0.29, 0.717) is 21.3 Å². The van der Waals surface area contributed by atoms with E-state index in [1.807, 2.05) is 0 Å². The van der Waals surface area contributed by atoms with Gasteiger partial charge in [-0.05, 0) is 18.2 Å². The van der Waals surface area contributed by atoms with Crippen LogP contribution in [-0.2, 0) is 4.79 Å². The van der Waals surface area contributed by atoms with E-state index in [2.05, 4.69) is 10.2 Å². The fourth-order valence-electron chi connectivity index (χ4n) is 2.80. The number of carbonyl (C=O) groups is 1. The largest absolute Gasteiger partial charge is 0.507 e. The molecule has 1 unspecified atom stereocenters. The van der Waals surface area contributed by atoms with E-state index >= 15 is 0 Å². The van der Waals surface area contributed by atoms with E-state index in [1.165, 1.54) is 22.7 Å². The minimum atomic E-state index is -0.552. The number of carbonyl (C=O) groups excluding carboxylic acids is 1. The first-order chi connectivity index (χ1) is 13.1. The average molecular weight is 400 g/mol. The summed E-state index contributed by atoms with van der Waals surface area (Å²) in [6.07, 6.45) is 0. The second kappa shape index (κ2) is 6.97. The lowest BCUT2D eigenvalue weighted by Crippen LogP contribution is -2.28. The molecule has 1 atom stereocenters. The number of nitro groups is 1. The maximum atomic E-state index is 12.5. The first kappa shape index (κ1) is 17.4. The number of anilines is 1. The molecule has 1 fully saturated rings. The lowest BCUT2D eigenvalue weighted by atomic mass is 10.1. The summed E-state index contributed by atoms with van der Waals surface area (Å²) < 4.78 is 0. The molecule has 3 aromatic rings. The van der Waals surface area contributed by atoms with Gasteiger partial charge in [0.2, 0.25) is 11.0 Å². The summed E-state index contributed by atoms with van der Waals surface area (Å²) in [5.41, 5.74) is 0.917. The molecule has 1 amide bonds. The topological polar surface area (TPSA) is 109 Å². The highest BCUT2D eigenvalue weighted by Crippen LogP contribution is 2.46. The number of phenols is 1. The van der Waals surface area contributed by atoms with Gasteiger partial charge in [0, 0.05) is 6.07 Å². The van der Waals surface area contributed by atoms with Crippen molar-refractivity contribution < 1.29 is 14.8 Å². The Morgan fingerprint density at radius 1 is 1.15 bits per heavy atom. The predicted molar refractivity (Wildman–Crippen MR) is 103 cm³/mol. The molecule has 1 saturated heterocycles. The minimum Gasteiger partial charge on any atom is -0.507 e. The maximum absolute atomic E-state index is 12.5. The fraction of sp³-hybridized carbons (Fsp3) is 0.118. The summed E-state index contributed by atoms with van der Waals surface area (Å²) in [6, 6.07) is 13.1. The Bertz CT molecular complexity index is 1040. The van der Waals surface area contributed by atoms with Crippen molar-refractivity contribution in [3.8, 4) is 16.3 Å². The molecule has 1 aromatic heterocycles. The Kier molecular flexibility index (Phi) is 4.50. The Balaban J connectivity index is 1.74. The van der Waals surface area contributed by atoms with Gasteiger partial charge in [0.1, 0.15) is 11.1 Å². The number of nitro benzene ring substituents is 1. The van der Waals surface area contributed by atoms with Crippen molar-refractivity contribution in [3.63, 3.8) is 0 Å². The summed E-state index contributed by atoms with van der Waals surface area (Å²) in [7, 11) is 0. The number of nitrogens with zero attached hydrogens (tertiary/aromatic N) is 4. The molecule has 0 bridgehead atoms. The predicted octanol–water partition coefficient (Wildman–Crippen LogP) is 3.60. The van der Waals surface area contributed by atoms with Gasteiger partial charge in [-0.1, -0.05) is 35.6 Å². The molecule has 2 aromatic carbocycles. The van der Waals surface area contributed by atoms with E-state index < -0.39 is 10.3 Å². The van der Waals surface area contributed by atoms with Gasteiger partial charge in [0.15, 0.2) is 5.01 Å². The molecule has 0 saturated carbocycles. The number of hydrogen-bond donors (Lipinski definition) is 1. The zero-order valence-electron chi connectivity index (χ0n) is 13.7. The van der Waals surface area contributed by atoms with Crippen LogP contribution < -0.4 is 4.90 Å². The van der Waals surface area contributed by atoms with Crippen LogP contribution in [0.1, 0.15) is 10.9 Å². The molecule has 0 radical (unpaired) electrons. The van der Waals surface area contributed by atoms with Crippen LogP contribution in [0.25, 0.3) is 10.6 Å². The Labute approximate surface area is 161 Å². The molecule has 0 aliphatic carbocycles. The van der Waals surface area contributed by atoms with Crippen LogP contribution in [0.3, 0.4) is 0 Å². The van der Waals surface area contributed by atoms with Crippen molar-refractivity contribution in [1.82, 2.24) is 10.2 Å². The molecule has 2 heterocycles. The van der Waals surface area contributed by atoms with Gasteiger partial charge in [0.05, 0.1) is 21.8 Å². The van der Waals surface area contributed by atoms with Crippen LogP contribution in [0.15, 0.2) is 48.5 Å². The highest BCUT2D eigenvalue weighted by molar-refractivity contribution is 8.00. The van der Waals surface area contributed by atoms with Gasteiger partial charge in [0.25, 0.3) is 5.69 Å². The van der Waals surface area contributed by atoms with Gasteiger partial charge >= 0.3 is 0 Å². The van der Waals surface area contributed by atoms with Crippen molar-refractivity contribution >= 4 is 39.8 Å². The first-order valence-electron chi connectivity index (χ1n) is 7.85. The lowest BCUT2D eigenvalue weighted by molar-refractivity contribution is -0.385. The first-order valence-corrected chi connectivity index (χ1v) is 9.71. The summed E-state index contributed by atoms with van der Waals surface area (Å²) in [6.45, 7) is 0. The van der Waals surface area contributed by atoms with E-state index in [9.17, 15) is 20.0 Å². The van der Waals surface area contributed by atoms with Crippen molar-refractivity contribution in [2.75, 3.05) is 10.7 Å². The third kappa shape index (κ3) is 3.13. The zero-order valence-corrected chi connectivity index (χ0v) is 15.3. The monoisotopic (exact) mass is 400 g/mol. The second-order valence-corrected chi connectivity index (χ2v) is 7.67. The number of aromatic hydroxyl groups is 1. The van der Waals surface area contributed by atoms with Crippen molar-refractivity contribution in [1.29, 1.82) is 0 Å². The summed E-state index contributed by atoms with van der Waals surface area (Å²) in [5, 5.41) is 29.8. The van der Waals surface area contributed by atoms with Crippen LogP contribution in [-0.4, -0.2) is 31.9 Å². The van der Waals surface area contributed by atoms with Gasteiger partial charge in [-0.2, -0.15) is 0 Å². The van der Waals surface area contributed by atoms with Crippen molar-refractivity contribution in [2.24, 2.45) is 0 Å². The molecule has 10 heteroatoms. The van der Waals surface area contributed by atoms with Crippen molar-refractivity contribution in [3.05, 3.63) is 64.2 Å². The molecule has 1 aliphatic rings. The summed E-state index contributed by atoms with van der Waals surface area (Å²) >= 11 is 2.46. The molecular weight excluding hydrogens is 388 g/mol. The summed E-state index contributed by atoms with van der Waals surface area (Å²) in [4.78, 5) is 24.8. The Morgan fingerprint density at radius 3 is 2.67 bits per heavy atom. The number of benzene rings is 2. The molecular formula is C17H12N4O4S2. The van der Waals surface area contributed by atoms with Gasteiger partial charge in [-0.25, -0.2) is 0 Å². The SMILES string of the molecule is O=C1CSC(c2ccccc2[N+](=O)[O-])N1c1nnc(-c2ccccc2O)s1. The molecule has 0 spiro atoms. The van der Waals surface area contributed by atoms with E-state index in [4.69, 9.17) is 0 Å². The van der Waals surface area contributed by atoms with Crippen LogP contribution in [0.2, 0.25) is 0 Å². The number of para-hydroxylation sites is 2. The molecule has 1 aliphatic heterocycles. The van der Waals surface area contributed by atoms with E-state index in [1.54, 1.807) is 42.5 Å². The van der Waals surface area contributed by atoms with E-state index in [-0.39, 0.29) is 23.1 Å². The minimum absolute atomic E-state index is 0.0415. The third-order valence-electron chi connectivity index (χ3n) is 4.02. The maximum Gasteiger partial charge on any atom is 0.275 e. The number of aromatic nitrogens is 2. The number of amides is 1. The Hall–Kier alpha value is -2.98. The van der Waals surface area contributed by atoms with Crippen LogP contribution in [0.4, 0.5) is 10.8 Å². The number of thioether (sulfide) groups is 1.